The molecule has 0 radical (unpaired) electrons. The number of carboxylic acids is 1. The van der Waals surface area contributed by atoms with Crippen LogP contribution in [0.3, 0.4) is 0 Å². The fourth-order valence-corrected chi connectivity index (χ4v) is 1.82. The van der Waals surface area contributed by atoms with Crippen molar-refractivity contribution >= 4 is 40.4 Å². The van der Waals surface area contributed by atoms with Crippen molar-refractivity contribution in [1.29, 1.82) is 0 Å². The van der Waals surface area contributed by atoms with Crippen LogP contribution < -0.4 is 5.32 Å². The Bertz CT molecular complexity index is 500. The largest absolute Gasteiger partial charge is 0.480 e. The Morgan fingerprint density at radius 1 is 1.30 bits per heavy atom. The highest BCUT2D eigenvalue weighted by Crippen LogP contribution is 2.08. The molecule has 0 saturated carbocycles. The molecule has 1 atom stereocenters. The predicted molar refractivity (Wildman–Crippen MR) is 79.3 cm³/mol. The number of hydrogen-bond acceptors (Lipinski definition) is 4. The van der Waals surface area contributed by atoms with Gasteiger partial charge in [-0.2, -0.15) is 0 Å². The minimum Gasteiger partial charge on any atom is -0.480 e. The van der Waals surface area contributed by atoms with E-state index in [2.05, 4.69) is 32.6 Å². The number of rotatable bonds is 6. The van der Waals surface area contributed by atoms with Gasteiger partial charge in [0.25, 0.3) is 5.91 Å². The van der Waals surface area contributed by atoms with Gasteiger partial charge in [0.15, 0.2) is 0 Å². The molecule has 108 valence electrons. The summed E-state index contributed by atoms with van der Waals surface area (Å²) in [6.45, 7) is 0. The Kier molecular flexibility index (Phi) is 6.43. The Morgan fingerprint density at radius 2 is 1.90 bits per heavy atom. The fourth-order valence-electron chi connectivity index (χ4n) is 1.46. The zero-order valence-corrected chi connectivity index (χ0v) is 12.9. The Morgan fingerprint density at radius 3 is 2.40 bits per heavy atom. The zero-order valence-electron chi connectivity index (χ0n) is 10.8. The molecule has 20 heavy (non-hydrogen) atoms. The van der Waals surface area contributed by atoms with E-state index in [1.807, 2.05) is 0 Å². The summed E-state index contributed by atoms with van der Waals surface area (Å²) in [4.78, 5) is 33.9. The van der Waals surface area contributed by atoms with Crippen LogP contribution in [0, 0.1) is 3.57 Å². The number of carbonyl (C=O) groups excluding carboxylic acids is 2. The molecule has 1 aromatic carbocycles. The maximum atomic E-state index is 11.9. The van der Waals surface area contributed by atoms with Crippen LogP contribution in [0.2, 0.25) is 0 Å². The van der Waals surface area contributed by atoms with Gasteiger partial charge in [-0.1, -0.05) is 0 Å². The van der Waals surface area contributed by atoms with Gasteiger partial charge in [-0.15, -0.1) is 0 Å². The third-order valence-electron chi connectivity index (χ3n) is 2.57. The average molecular weight is 391 g/mol. The van der Waals surface area contributed by atoms with Gasteiger partial charge in [0.1, 0.15) is 6.04 Å². The van der Waals surface area contributed by atoms with E-state index in [0.717, 1.165) is 3.57 Å². The van der Waals surface area contributed by atoms with Crippen LogP contribution in [0.1, 0.15) is 23.2 Å². The minimum atomic E-state index is -1.19. The molecule has 0 saturated heterocycles. The lowest BCUT2D eigenvalue weighted by Crippen LogP contribution is -2.41. The summed E-state index contributed by atoms with van der Waals surface area (Å²) in [5.74, 6) is -2.19. The second-order valence-corrected chi connectivity index (χ2v) is 5.23. The highest BCUT2D eigenvalue weighted by atomic mass is 127. The number of nitrogens with one attached hydrogen (secondary N) is 1. The number of aliphatic carboxylic acids is 1. The molecule has 1 rings (SSSR count). The molecule has 1 aromatic rings. The number of hydrogen-bond donors (Lipinski definition) is 2. The Hall–Kier alpha value is -1.64. The van der Waals surface area contributed by atoms with E-state index >= 15 is 0 Å². The topological polar surface area (TPSA) is 92.7 Å². The van der Waals surface area contributed by atoms with Gasteiger partial charge in [-0.05, 0) is 53.3 Å². The van der Waals surface area contributed by atoms with Crippen molar-refractivity contribution in [2.75, 3.05) is 7.11 Å². The lowest BCUT2D eigenvalue weighted by Gasteiger charge is -2.14. The molecule has 7 heteroatoms. The number of halogens is 1. The average Bonchev–Trinajstić information content (AvgIpc) is 2.43. The van der Waals surface area contributed by atoms with E-state index in [4.69, 9.17) is 5.11 Å². The molecule has 0 aliphatic heterocycles. The van der Waals surface area contributed by atoms with E-state index in [9.17, 15) is 14.4 Å². The Labute approximate surface area is 129 Å². The number of carbonyl (C=O) groups is 3. The summed E-state index contributed by atoms with van der Waals surface area (Å²) >= 11 is 2.10. The van der Waals surface area contributed by atoms with Gasteiger partial charge in [-0.25, -0.2) is 4.79 Å². The first-order valence-electron chi connectivity index (χ1n) is 5.80. The summed E-state index contributed by atoms with van der Waals surface area (Å²) in [5, 5.41) is 11.4. The molecule has 0 heterocycles. The molecule has 0 aromatic heterocycles. The molecular formula is C13H14INO5. The number of ether oxygens (including phenoxy) is 1. The summed E-state index contributed by atoms with van der Waals surface area (Å²) < 4.78 is 5.41. The summed E-state index contributed by atoms with van der Waals surface area (Å²) in [5.41, 5.74) is 0.370. The smallest absolute Gasteiger partial charge is 0.326 e. The summed E-state index contributed by atoms with van der Waals surface area (Å²) in [6.07, 6.45) is -0.0848. The first kappa shape index (κ1) is 16.4. The van der Waals surface area contributed by atoms with Gasteiger partial charge in [0, 0.05) is 15.6 Å². The lowest BCUT2D eigenvalue weighted by molar-refractivity contribution is -0.142. The third kappa shape index (κ3) is 5.16. The van der Waals surface area contributed by atoms with Crippen LogP contribution in [0.4, 0.5) is 0 Å². The van der Waals surface area contributed by atoms with E-state index in [1.165, 1.54) is 7.11 Å². The first-order valence-corrected chi connectivity index (χ1v) is 6.88. The first-order chi connectivity index (χ1) is 9.43. The predicted octanol–water partition coefficient (Wildman–Crippen LogP) is 1.43. The van der Waals surface area contributed by atoms with Crippen LogP contribution >= 0.6 is 22.6 Å². The third-order valence-corrected chi connectivity index (χ3v) is 3.29. The molecule has 0 bridgehead atoms. The van der Waals surface area contributed by atoms with E-state index in [1.54, 1.807) is 24.3 Å². The van der Waals surface area contributed by atoms with Crippen LogP contribution in [-0.2, 0) is 14.3 Å². The molecule has 2 N–H and O–H groups in total. The standard InChI is InChI=1S/C13H14INO5/c1-20-11(16)7-6-10(13(18)19)15-12(17)8-2-4-9(14)5-3-8/h2-5,10H,6-7H2,1H3,(H,15,17)(H,18,19). The highest BCUT2D eigenvalue weighted by molar-refractivity contribution is 14.1. The molecule has 1 unspecified atom stereocenters. The molecular weight excluding hydrogens is 377 g/mol. The summed E-state index contributed by atoms with van der Waals surface area (Å²) in [6, 6.07) is 5.59. The molecule has 1 amide bonds. The van der Waals surface area contributed by atoms with Gasteiger partial charge in [0.2, 0.25) is 0 Å². The van der Waals surface area contributed by atoms with Crippen molar-refractivity contribution < 1.29 is 24.2 Å². The maximum Gasteiger partial charge on any atom is 0.326 e. The van der Waals surface area contributed by atoms with Crippen LogP contribution in [-0.4, -0.2) is 36.1 Å². The SMILES string of the molecule is COC(=O)CCC(NC(=O)c1ccc(I)cc1)C(=O)O. The molecule has 0 aliphatic rings. The zero-order chi connectivity index (χ0) is 15.1. The van der Waals surface area contributed by atoms with Gasteiger partial charge < -0.3 is 15.2 Å². The number of amides is 1. The molecule has 0 aliphatic carbocycles. The molecule has 6 nitrogen and oxygen atoms in total. The second-order valence-electron chi connectivity index (χ2n) is 3.99. The Balaban J connectivity index is 2.65. The number of methoxy groups -OCH3 is 1. The van der Waals surface area contributed by atoms with Crippen molar-refractivity contribution in [2.24, 2.45) is 0 Å². The van der Waals surface area contributed by atoms with Crippen molar-refractivity contribution in [3.8, 4) is 0 Å². The minimum absolute atomic E-state index is 0.0158. The van der Waals surface area contributed by atoms with E-state index < -0.39 is 23.9 Å². The van der Waals surface area contributed by atoms with Crippen LogP contribution in [0.25, 0.3) is 0 Å². The normalized spacial score (nSPS) is 11.5. The monoisotopic (exact) mass is 391 g/mol. The van der Waals surface area contributed by atoms with Crippen molar-refractivity contribution in [2.45, 2.75) is 18.9 Å². The number of esters is 1. The van der Waals surface area contributed by atoms with Crippen molar-refractivity contribution in [3.05, 3.63) is 33.4 Å². The van der Waals surface area contributed by atoms with E-state index in [0.29, 0.717) is 5.56 Å². The van der Waals surface area contributed by atoms with E-state index in [-0.39, 0.29) is 12.8 Å². The van der Waals surface area contributed by atoms with Crippen molar-refractivity contribution in [3.63, 3.8) is 0 Å². The number of carboxylic acid groups (broad SMARTS) is 1. The van der Waals surface area contributed by atoms with Gasteiger partial charge in [-0.3, -0.25) is 9.59 Å². The van der Waals surface area contributed by atoms with Gasteiger partial charge >= 0.3 is 11.9 Å². The highest BCUT2D eigenvalue weighted by Gasteiger charge is 2.21. The number of benzene rings is 1. The van der Waals surface area contributed by atoms with Crippen molar-refractivity contribution in [1.82, 2.24) is 5.32 Å². The second kappa shape index (κ2) is 7.83. The fraction of sp³-hybridized carbons (Fsp3) is 0.308. The van der Waals surface area contributed by atoms with Gasteiger partial charge in [0.05, 0.1) is 7.11 Å². The molecule has 0 fully saturated rings. The molecule has 0 spiro atoms. The lowest BCUT2D eigenvalue weighted by atomic mass is 10.1. The van der Waals surface area contributed by atoms with Crippen LogP contribution in [0.15, 0.2) is 24.3 Å². The maximum absolute atomic E-state index is 11.9. The quantitative estimate of drug-likeness (QED) is 0.566. The summed E-state index contributed by atoms with van der Waals surface area (Å²) in [7, 11) is 1.22. The van der Waals surface area contributed by atoms with Crippen LogP contribution in [0.5, 0.6) is 0 Å².